The Morgan fingerprint density at radius 1 is 1.05 bits per heavy atom. The van der Waals surface area contributed by atoms with Gasteiger partial charge in [-0.25, -0.2) is 4.79 Å². The van der Waals surface area contributed by atoms with E-state index in [1.165, 1.54) is 19.3 Å². The molecule has 1 heterocycles. The number of urea groups is 1. The predicted octanol–water partition coefficient (Wildman–Crippen LogP) is 0.875. The van der Waals surface area contributed by atoms with E-state index >= 15 is 0 Å². The molecular formula is C15H28N4O2. The summed E-state index contributed by atoms with van der Waals surface area (Å²) in [5, 5.41) is 11.9. The highest BCUT2D eigenvalue weighted by Gasteiger charge is 2.20. The van der Waals surface area contributed by atoms with Crippen molar-refractivity contribution in [1.29, 1.82) is 0 Å². The molecule has 1 aliphatic heterocycles. The van der Waals surface area contributed by atoms with Crippen molar-refractivity contribution in [2.24, 2.45) is 0 Å². The standard InChI is InChI=1S/C15H28N4O2/c1-11-9-13(7-8-16-11)18-14(20)10-17-15(21)19-12-5-3-2-4-6-12/h11-13,16H,2-10H2,1H3,(H,18,20)(H2,17,19,21). The molecule has 6 heteroatoms. The first kappa shape index (κ1) is 16.1. The van der Waals surface area contributed by atoms with Crippen molar-refractivity contribution in [2.45, 2.75) is 70.0 Å². The second kappa shape index (κ2) is 8.22. The van der Waals surface area contributed by atoms with Crippen LogP contribution in [0.25, 0.3) is 0 Å². The van der Waals surface area contributed by atoms with Crippen molar-refractivity contribution in [3.05, 3.63) is 0 Å². The summed E-state index contributed by atoms with van der Waals surface area (Å²) in [4.78, 5) is 23.6. The lowest BCUT2D eigenvalue weighted by atomic mass is 9.96. The Morgan fingerprint density at radius 3 is 2.52 bits per heavy atom. The molecule has 6 nitrogen and oxygen atoms in total. The van der Waals surface area contributed by atoms with E-state index in [1.54, 1.807) is 0 Å². The quantitative estimate of drug-likeness (QED) is 0.621. The zero-order valence-electron chi connectivity index (χ0n) is 12.9. The third-order valence-electron chi connectivity index (χ3n) is 4.34. The number of nitrogens with one attached hydrogen (secondary N) is 4. The summed E-state index contributed by atoms with van der Waals surface area (Å²) in [6.45, 7) is 3.10. The normalized spacial score (nSPS) is 26.9. The second-order valence-corrected chi connectivity index (χ2v) is 6.31. The summed E-state index contributed by atoms with van der Waals surface area (Å²) in [5.74, 6) is -0.104. The average molecular weight is 296 g/mol. The largest absolute Gasteiger partial charge is 0.352 e. The van der Waals surface area contributed by atoms with Crippen LogP contribution in [0.2, 0.25) is 0 Å². The molecule has 2 atom stereocenters. The fourth-order valence-electron chi connectivity index (χ4n) is 3.19. The van der Waals surface area contributed by atoms with Crippen LogP contribution in [0.5, 0.6) is 0 Å². The molecule has 3 amide bonds. The van der Waals surface area contributed by atoms with Crippen molar-refractivity contribution in [3.8, 4) is 0 Å². The summed E-state index contributed by atoms with van der Waals surface area (Å²) in [5.41, 5.74) is 0. The summed E-state index contributed by atoms with van der Waals surface area (Å²) in [6, 6.07) is 0.700. The first-order valence-electron chi connectivity index (χ1n) is 8.20. The highest BCUT2D eigenvalue weighted by molar-refractivity contribution is 5.84. The molecule has 0 aromatic rings. The van der Waals surface area contributed by atoms with Crippen LogP contribution in [0.1, 0.15) is 51.9 Å². The number of hydrogen-bond acceptors (Lipinski definition) is 3. The number of carbonyl (C=O) groups is 2. The molecule has 2 fully saturated rings. The molecule has 0 aromatic carbocycles. The minimum absolute atomic E-state index is 0.0524. The highest BCUT2D eigenvalue weighted by atomic mass is 16.2. The van der Waals surface area contributed by atoms with E-state index in [-0.39, 0.29) is 30.6 Å². The van der Waals surface area contributed by atoms with Gasteiger partial charge in [0.25, 0.3) is 0 Å². The minimum Gasteiger partial charge on any atom is -0.352 e. The Kier molecular flexibility index (Phi) is 6.29. The lowest BCUT2D eigenvalue weighted by Gasteiger charge is -2.28. The highest BCUT2D eigenvalue weighted by Crippen LogP contribution is 2.17. The van der Waals surface area contributed by atoms with E-state index in [9.17, 15) is 9.59 Å². The number of carbonyl (C=O) groups excluding carboxylic acids is 2. The van der Waals surface area contributed by atoms with Crippen LogP contribution in [0, 0.1) is 0 Å². The maximum absolute atomic E-state index is 11.8. The minimum atomic E-state index is -0.226. The van der Waals surface area contributed by atoms with Gasteiger partial charge in [0.1, 0.15) is 0 Å². The van der Waals surface area contributed by atoms with E-state index in [2.05, 4.69) is 28.2 Å². The maximum Gasteiger partial charge on any atom is 0.315 e. The second-order valence-electron chi connectivity index (χ2n) is 6.31. The molecule has 2 rings (SSSR count). The molecule has 4 N–H and O–H groups in total. The molecule has 1 aliphatic carbocycles. The first-order valence-corrected chi connectivity index (χ1v) is 8.20. The van der Waals surface area contributed by atoms with E-state index in [4.69, 9.17) is 0 Å². The van der Waals surface area contributed by atoms with Crippen LogP contribution in [0.3, 0.4) is 0 Å². The Labute approximate surface area is 126 Å². The van der Waals surface area contributed by atoms with Gasteiger partial charge in [0.15, 0.2) is 0 Å². The van der Waals surface area contributed by atoms with Gasteiger partial charge in [-0.1, -0.05) is 19.3 Å². The third kappa shape index (κ3) is 5.91. The molecule has 1 saturated carbocycles. The molecule has 0 spiro atoms. The Bertz CT molecular complexity index is 356. The van der Waals surface area contributed by atoms with Gasteiger partial charge in [0.05, 0.1) is 6.54 Å². The van der Waals surface area contributed by atoms with Crippen LogP contribution < -0.4 is 21.3 Å². The van der Waals surface area contributed by atoms with Crippen LogP contribution in [-0.2, 0) is 4.79 Å². The lowest BCUT2D eigenvalue weighted by molar-refractivity contribution is -0.121. The van der Waals surface area contributed by atoms with E-state index in [0.29, 0.717) is 6.04 Å². The SMILES string of the molecule is CC1CC(NC(=O)CNC(=O)NC2CCCCC2)CCN1. The Balaban J connectivity index is 1.60. The van der Waals surface area contributed by atoms with E-state index in [0.717, 1.165) is 32.2 Å². The zero-order valence-corrected chi connectivity index (χ0v) is 12.9. The molecule has 2 aliphatic rings. The number of hydrogen-bond donors (Lipinski definition) is 4. The van der Waals surface area contributed by atoms with Gasteiger partial charge in [0, 0.05) is 18.1 Å². The van der Waals surface area contributed by atoms with Gasteiger partial charge in [-0.3, -0.25) is 4.79 Å². The monoisotopic (exact) mass is 296 g/mol. The van der Waals surface area contributed by atoms with E-state index in [1.807, 2.05) is 0 Å². The lowest BCUT2D eigenvalue weighted by Crippen LogP contribution is -2.50. The molecule has 0 radical (unpaired) electrons. The van der Waals surface area contributed by atoms with Gasteiger partial charge in [-0.15, -0.1) is 0 Å². The van der Waals surface area contributed by atoms with Crippen LogP contribution >= 0.6 is 0 Å². The van der Waals surface area contributed by atoms with Gasteiger partial charge in [-0.2, -0.15) is 0 Å². The fourth-order valence-corrected chi connectivity index (χ4v) is 3.19. The van der Waals surface area contributed by atoms with Crippen molar-refractivity contribution in [1.82, 2.24) is 21.3 Å². The third-order valence-corrected chi connectivity index (χ3v) is 4.34. The number of piperidine rings is 1. The van der Waals surface area contributed by atoms with Gasteiger partial charge in [0.2, 0.25) is 5.91 Å². The topological polar surface area (TPSA) is 82.3 Å². The zero-order chi connectivity index (χ0) is 15.1. The molecular weight excluding hydrogens is 268 g/mol. The van der Waals surface area contributed by atoms with Crippen molar-refractivity contribution in [2.75, 3.05) is 13.1 Å². The molecule has 120 valence electrons. The van der Waals surface area contributed by atoms with Crippen molar-refractivity contribution < 1.29 is 9.59 Å². The van der Waals surface area contributed by atoms with Gasteiger partial charge >= 0.3 is 6.03 Å². The number of rotatable bonds is 4. The Morgan fingerprint density at radius 2 is 1.81 bits per heavy atom. The summed E-state index contributed by atoms with van der Waals surface area (Å²) < 4.78 is 0. The van der Waals surface area contributed by atoms with Crippen molar-refractivity contribution in [3.63, 3.8) is 0 Å². The fraction of sp³-hybridized carbons (Fsp3) is 0.867. The first-order chi connectivity index (χ1) is 10.1. The summed E-state index contributed by atoms with van der Waals surface area (Å²) >= 11 is 0. The molecule has 2 unspecified atom stereocenters. The predicted molar refractivity (Wildman–Crippen MR) is 82.0 cm³/mol. The van der Waals surface area contributed by atoms with Crippen molar-refractivity contribution >= 4 is 11.9 Å². The van der Waals surface area contributed by atoms with E-state index < -0.39 is 0 Å². The smallest absolute Gasteiger partial charge is 0.315 e. The average Bonchev–Trinajstić information content (AvgIpc) is 2.46. The summed E-state index contributed by atoms with van der Waals surface area (Å²) in [6.07, 6.45) is 7.61. The van der Waals surface area contributed by atoms with Crippen LogP contribution in [-0.4, -0.2) is 43.2 Å². The molecule has 1 saturated heterocycles. The molecule has 0 aromatic heterocycles. The number of amides is 3. The van der Waals surface area contributed by atoms with Gasteiger partial charge < -0.3 is 21.3 Å². The van der Waals surface area contributed by atoms with Crippen LogP contribution in [0.15, 0.2) is 0 Å². The van der Waals surface area contributed by atoms with Crippen LogP contribution in [0.4, 0.5) is 4.79 Å². The Hall–Kier alpha value is -1.30. The summed E-state index contributed by atoms with van der Waals surface area (Å²) in [7, 11) is 0. The molecule has 21 heavy (non-hydrogen) atoms. The maximum atomic E-state index is 11.8. The molecule has 0 bridgehead atoms. The van der Waals surface area contributed by atoms with Gasteiger partial charge in [-0.05, 0) is 39.2 Å².